The zero-order valence-corrected chi connectivity index (χ0v) is 8.31. The van der Waals surface area contributed by atoms with Crippen molar-refractivity contribution < 1.29 is 14.2 Å². The molecule has 66 valence electrons. The third kappa shape index (κ3) is 1.51. The molecule has 1 unspecified atom stereocenters. The molecule has 11 heavy (non-hydrogen) atoms. The van der Waals surface area contributed by atoms with Gasteiger partial charge >= 0.3 is 0 Å². The van der Waals surface area contributed by atoms with Gasteiger partial charge in [0.15, 0.2) is 0 Å². The molecule has 1 fully saturated rings. The first-order valence-electron chi connectivity index (χ1n) is 3.67. The van der Waals surface area contributed by atoms with Gasteiger partial charge in [0.25, 0.3) is 0 Å². The van der Waals surface area contributed by atoms with Gasteiger partial charge < -0.3 is 9.63 Å². The fraction of sp³-hybridized carbons (Fsp3) is 1.00. The summed E-state index contributed by atoms with van der Waals surface area (Å²) in [6, 6.07) is 0. The van der Waals surface area contributed by atoms with Crippen LogP contribution in [0.15, 0.2) is 0 Å². The molecule has 1 heterocycles. The lowest BCUT2D eigenvalue weighted by atomic mass is 10.0. The first kappa shape index (κ1) is 9.24. The van der Waals surface area contributed by atoms with Crippen molar-refractivity contribution in [2.75, 3.05) is 6.66 Å². The summed E-state index contributed by atoms with van der Waals surface area (Å²) in [7, 11) is -2.81. The molecule has 0 amide bonds. The number of aliphatic hydroxyl groups is 1. The maximum Gasteiger partial charge on any atom is 0.231 e. The van der Waals surface area contributed by atoms with Crippen LogP contribution < -0.4 is 0 Å². The molecule has 1 aliphatic heterocycles. The van der Waals surface area contributed by atoms with Crippen LogP contribution in [0.1, 0.15) is 27.2 Å². The summed E-state index contributed by atoms with van der Waals surface area (Å²) in [5.74, 6) is 0. The zero-order valence-electron chi connectivity index (χ0n) is 7.42. The molecule has 0 spiro atoms. The first-order chi connectivity index (χ1) is 4.66. The standard InChI is InChI=1S/C7H15O3P/c1-6(2)5-7(3,8)11(4,9)10-6/h8H,5H2,1-4H3/t7-,11?/m0/s1. The highest BCUT2D eigenvalue weighted by molar-refractivity contribution is 7.59. The molecule has 0 aromatic rings. The van der Waals surface area contributed by atoms with Crippen LogP contribution in [-0.4, -0.2) is 22.7 Å². The van der Waals surface area contributed by atoms with E-state index in [0.29, 0.717) is 6.42 Å². The van der Waals surface area contributed by atoms with Gasteiger partial charge in [0, 0.05) is 13.1 Å². The van der Waals surface area contributed by atoms with Crippen LogP contribution in [-0.2, 0) is 9.09 Å². The van der Waals surface area contributed by atoms with E-state index in [-0.39, 0.29) is 0 Å². The van der Waals surface area contributed by atoms with E-state index in [1.54, 1.807) is 6.92 Å². The van der Waals surface area contributed by atoms with Crippen molar-refractivity contribution in [1.82, 2.24) is 0 Å². The van der Waals surface area contributed by atoms with Crippen LogP contribution in [0.4, 0.5) is 0 Å². The largest absolute Gasteiger partial charge is 0.380 e. The second-order valence-corrected chi connectivity index (χ2v) is 6.93. The van der Waals surface area contributed by atoms with Crippen molar-refractivity contribution in [2.24, 2.45) is 0 Å². The van der Waals surface area contributed by atoms with E-state index in [0.717, 1.165) is 0 Å². The molecule has 0 saturated carbocycles. The van der Waals surface area contributed by atoms with Gasteiger partial charge in [-0.1, -0.05) is 0 Å². The Balaban J connectivity index is 2.99. The van der Waals surface area contributed by atoms with Crippen LogP contribution in [0.3, 0.4) is 0 Å². The summed E-state index contributed by atoms with van der Waals surface area (Å²) in [5, 5.41) is 8.53. The third-order valence-electron chi connectivity index (χ3n) is 2.06. The maximum atomic E-state index is 11.6. The summed E-state index contributed by atoms with van der Waals surface area (Å²) in [6.07, 6.45) is 0.438. The molecular weight excluding hydrogens is 163 g/mol. The second kappa shape index (κ2) is 2.09. The van der Waals surface area contributed by atoms with Crippen molar-refractivity contribution >= 4 is 7.37 Å². The summed E-state index contributed by atoms with van der Waals surface area (Å²) in [5.41, 5.74) is -0.451. The average Bonchev–Trinajstić information content (AvgIpc) is 1.66. The molecule has 1 rings (SSSR count). The van der Waals surface area contributed by atoms with E-state index in [1.807, 2.05) is 13.8 Å². The highest BCUT2D eigenvalue weighted by Crippen LogP contribution is 2.65. The fourth-order valence-electron chi connectivity index (χ4n) is 1.55. The molecule has 1 N–H and O–H groups in total. The molecule has 2 atom stereocenters. The van der Waals surface area contributed by atoms with Gasteiger partial charge in [-0.05, 0) is 20.8 Å². The number of rotatable bonds is 0. The molecule has 0 bridgehead atoms. The summed E-state index contributed by atoms with van der Waals surface area (Å²) >= 11 is 0. The highest BCUT2D eigenvalue weighted by atomic mass is 31.2. The minimum absolute atomic E-state index is 0.438. The van der Waals surface area contributed by atoms with E-state index >= 15 is 0 Å². The molecule has 0 aliphatic carbocycles. The lowest BCUT2D eigenvalue weighted by Crippen LogP contribution is -2.24. The topological polar surface area (TPSA) is 46.5 Å². The Morgan fingerprint density at radius 3 is 2.00 bits per heavy atom. The van der Waals surface area contributed by atoms with Gasteiger partial charge in [0.2, 0.25) is 7.37 Å². The van der Waals surface area contributed by atoms with Gasteiger partial charge in [0.05, 0.1) is 5.60 Å². The monoisotopic (exact) mass is 178 g/mol. The van der Waals surface area contributed by atoms with Crippen LogP contribution in [0.5, 0.6) is 0 Å². The molecule has 0 radical (unpaired) electrons. The zero-order chi connectivity index (χ0) is 8.91. The van der Waals surface area contributed by atoms with Crippen molar-refractivity contribution in [3.05, 3.63) is 0 Å². The quantitative estimate of drug-likeness (QED) is 0.575. The molecule has 1 saturated heterocycles. The van der Waals surface area contributed by atoms with E-state index in [1.165, 1.54) is 6.66 Å². The Kier molecular flexibility index (Phi) is 1.76. The molecule has 4 heteroatoms. The predicted octanol–water partition coefficient (Wildman–Crippen LogP) is 1.80. The SMILES string of the molecule is CC1(C)C[C@@](C)(O)P(C)(=O)O1. The third-order valence-corrected chi connectivity index (χ3v) is 4.81. The van der Waals surface area contributed by atoms with E-state index < -0.39 is 18.3 Å². The van der Waals surface area contributed by atoms with Crippen molar-refractivity contribution in [3.8, 4) is 0 Å². The predicted molar refractivity (Wildman–Crippen MR) is 43.9 cm³/mol. The fourth-order valence-corrected chi connectivity index (χ4v) is 3.42. The summed E-state index contributed by atoms with van der Waals surface area (Å²) < 4.78 is 16.9. The Labute approximate surface area is 67.2 Å². The molecule has 0 aromatic heterocycles. The highest BCUT2D eigenvalue weighted by Gasteiger charge is 2.53. The van der Waals surface area contributed by atoms with Crippen molar-refractivity contribution in [1.29, 1.82) is 0 Å². The lowest BCUT2D eigenvalue weighted by Gasteiger charge is -2.19. The Morgan fingerprint density at radius 1 is 1.45 bits per heavy atom. The van der Waals surface area contributed by atoms with Crippen LogP contribution in [0, 0.1) is 0 Å². The molecule has 1 aliphatic rings. The van der Waals surface area contributed by atoms with E-state index in [4.69, 9.17) is 4.52 Å². The van der Waals surface area contributed by atoms with Gasteiger partial charge in [-0.25, -0.2) is 0 Å². The minimum Gasteiger partial charge on any atom is -0.380 e. The maximum absolute atomic E-state index is 11.6. The van der Waals surface area contributed by atoms with Gasteiger partial charge in [-0.15, -0.1) is 0 Å². The van der Waals surface area contributed by atoms with Crippen LogP contribution in [0.25, 0.3) is 0 Å². The minimum atomic E-state index is -2.81. The Hall–Kier alpha value is 0.150. The smallest absolute Gasteiger partial charge is 0.231 e. The second-order valence-electron chi connectivity index (χ2n) is 4.09. The molecular formula is C7H15O3P. The van der Waals surface area contributed by atoms with Gasteiger partial charge in [-0.3, -0.25) is 4.57 Å². The lowest BCUT2D eigenvalue weighted by molar-refractivity contribution is 0.0932. The Bertz CT molecular complexity index is 220. The van der Waals surface area contributed by atoms with E-state index in [9.17, 15) is 9.67 Å². The summed E-state index contributed by atoms with van der Waals surface area (Å²) in [6.45, 7) is 6.74. The number of hydrogen-bond acceptors (Lipinski definition) is 3. The first-order valence-corrected chi connectivity index (χ1v) is 5.74. The van der Waals surface area contributed by atoms with E-state index in [2.05, 4.69) is 0 Å². The molecule has 0 aromatic carbocycles. The Morgan fingerprint density at radius 2 is 1.91 bits per heavy atom. The number of hydrogen-bond donors (Lipinski definition) is 1. The normalized spacial score (nSPS) is 49.5. The van der Waals surface area contributed by atoms with Crippen molar-refractivity contribution in [3.63, 3.8) is 0 Å². The van der Waals surface area contributed by atoms with Crippen molar-refractivity contribution in [2.45, 2.75) is 38.1 Å². The van der Waals surface area contributed by atoms with Crippen LogP contribution in [0.2, 0.25) is 0 Å². The average molecular weight is 178 g/mol. The molecule has 3 nitrogen and oxygen atoms in total. The van der Waals surface area contributed by atoms with Gasteiger partial charge in [0.1, 0.15) is 5.34 Å². The summed E-state index contributed by atoms with van der Waals surface area (Å²) in [4.78, 5) is 0. The van der Waals surface area contributed by atoms with Gasteiger partial charge in [-0.2, -0.15) is 0 Å². The van der Waals surface area contributed by atoms with Crippen LogP contribution >= 0.6 is 7.37 Å².